The Kier molecular flexibility index (Phi) is 5.41. The van der Waals surface area contributed by atoms with E-state index < -0.39 is 0 Å². The van der Waals surface area contributed by atoms with Crippen LogP contribution in [0.15, 0.2) is 36.4 Å². The predicted molar refractivity (Wildman–Crippen MR) is 41.9 cm³/mol. The summed E-state index contributed by atoms with van der Waals surface area (Å²) in [6, 6.07) is 3.82. The number of rotatable bonds is 1. The first-order valence-electron chi connectivity index (χ1n) is 2.84. The Labute approximate surface area is 64.1 Å². The predicted octanol–water partition coefficient (Wildman–Crippen LogP) is 1.87. The van der Waals surface area contributed by atoms with Crippen LogP contribution in [-0.4, -0.2) is 10.2 Å². The fourth-order valence-corrected chi connectivity index (χ4v) is 0.500. The molecule has 0 unspecified atom stereocenters. The summed E-state index contributed by atoms with van der Waals surface area (Å²) in [7, 11) is 0. The molecule has 0 bridgehead atoms. The molecule has 1 rings (SSSR count). The number of pyridine rings is 1. The molecule has 0 aromatic carbocycles. The van der Waals surface area contributed by atoms with Crippen molar-refractivity contribution in [3.8, 4) is 0 Å². The smallest absolute Gasteiger partial charge is 0.152 e. The summed E-state index contributed by atoms with van der Waals surface area (Å²) in [6.45, 7) is 3.60. The van der Waals surface area contributed by atoms with Gasteiger partial charge in [0.15, 0.2) is 5.34 Å². The van der Waals surface area contributed by atoms with Crippen LogP contribution in [-0.2, 0) is 0 Å². The van der Waals surface area contributed by atoms with Crippen molar-refractivity contribution in [1.82, 2.24) is 4.98 Å². The minimum atomic E-state index is 1.11. The zero-order valence-electron chi connectivity index (χ0n) is 5.84. The lowest BCUT2D eigenvalue weighted by molar-refractivity contribution is 0.312. The Hall–Kier alpha value is -1.71. The molecule has 58 valence electrons. The van der Waals surface area contributed by atoms with Crippen molar-refractivity contribution in [2.45, 2.75) is 0 Å². The molecule has 0 aliphatic rings. The topological polar surface area (TPSA) is 62.5 Å². The minimum absolute atomic E-state index is 1.11. The first-order chi connectivity index (χ1) is 5.35. The Morgan fingerprint density at radius 1 is 1.55 bits per heavy atom. The fraction of sp³-hybridized carbons (Fsp3) is 0. The van der Waals surface area contributed by atoms with Crippen molar-refractivity contribution in [2.75, 3.05) is 0 Å². The summed E-state index contributed by atoms with van der Waals surface area (Å²) in [5.41, 5.74) is 1.11. The number of nitrogens with zero attached hydrogens (tertiary/aromatic N) is 2. The first kappa shape index (κ1) is 9.29. The summed E-state index contributed by atoms with van der Waals surface area (Å²) in [5.74, 6) is 0. The van der Waals surface area contributed by atoms with Crippen LogP contribution in [0.1, 0.15) is 5.56 Å². The summed E-state index contributed by atoms with van der Waals surface area (Å²) < 4.78 is 0. The molecule has 0 fully saturated rings. The normalized spacial score (nSPS) is 7.27. The molecule has 0 saturated carbocycles. The monoisotopic (exact) mass is 152 g/mol. The van der Waals surface area contributed by atoms with E-state index in [1.807, 2.05) is 12.1 Å². The van der Waals surface area contributed by atoms with Gasteiger partial charge in [0.1, 0.15) is 0 Å². The Morgan fingerprint density at radius 2 is 2.00 bits per heavy atom. The molecule has 1 N–H and O–H groups in total. The molecular formula is C7H8N2O2. The standard InChI is InChI=1S/C7H7N.HNO2/c1-2-7-3-5-8-6-4-7;2-1-3/h2-6H,1H2;(H,2,3). The van der Waals surface area contributed by atoms with E-state index in [0.717, 1.165) is 5.56 Å². The second-order valence-electron chi connectivity index (χ2n) is 1.57. The van der Waals surface area contributed by atoms with Crippen LogP contribution in [0.3, 0.4) is 0 Å². The Bertz CT molecular complexity index is 211. The third-order valence-electron chi connectivity index (χ3n) is 0.942. The van der Waals surface area contributed by atoms with Gasteiger partial charge < -0.3 is 5.21 Å². The Balaban J connectivity index is 0.000000292. The molecular weight excluding hydrogens is 144 g/mol. The van der Waals surface area contributed by atoms with Crippen LogP contribution in [0.25, 0.3) is 6.08 Å². The van der Waals surface area contributed by atoms with Gasteiger partial charge in [-0.25, -0.2) is 0 Å². The molecule has 1 aromatic rings. The number of hydrogen-bond acceptors (Lipinski definition) is 3. The van der Waals surface area contributed by atoms with Gasteiger partial charge in [-0.3, -0.25) is 4.98 Å². The van der Waals surface area contributed by atoms with Gasteiger partial charge in [0, 0.05) is 12.4 Å². The molecule has 0 spiro atoms. The van der Waals surface area contributed by atoms with Crippen LogP contribution >= 0.6 is 0 Å². The van der Waals surface area contributed by atoms with Crippen molar-refractivity contribution in [1.29, 1.82) is 0 Å². The van der Waals surface area contributed by atoms with Crippen molar-refractivity contribution in [3.05, 3.63) is 41.6 Å². The average Bonchev–Trinajstić information content (AvgIpc) is 2.08. The average molecular weight is 152 g/mol. The van der Waals surface area contributed by atoms with Gasteiger partial charge >= 0.3 is 0 Å². The zero-order valence-corrected chi connectivity index (χ0v) is 5.84. The van der Waals surface area contributed by atoms with Crippen LogP contribution in [0.2, 0.25) is 0 Å². The largest absolute Gasteiger partial charge is 0.379 e. The van der Waals surface area contributed by atoms with E-state index in [4.69, 9.17) is 10.1 Å². The van der Waals surface area contributed by atoms with Crippen LogP contribution in [0, 0.1) is 4.91 Å². The number of hydrogen-bond donors (Lipinski definition) is 1. The molecule has 1 aromatic heterocycles. The van der Waals surface area contributed by atoms with Gasteiger partial charge in [0.2, 0.25) is 0 Å². The van der Waals surface area contributed by atoms with Crippen molar-refractivity contribution >= 4 is 6.08 Å². The van der Waals surface area contributed by atoms with E-state index in [9.17, 15) is 0 Å². The molecule has 4 heteroatoms. The highest BCUT2D eigenvalue weighted by atomic mass is 16.6. The third-order valence-corrected chi connectivity index (χ3v) is 0.942. The van der Waals surface area contributed by atoms with Gasteiger partial charge in [-0.05, 0) is 17.7 Å². The SMILES string of the molecule is C=Cc1ccncc1.O=NO. The molecule has 1 heterocycles. The third kappa shape index (κ3) is 4.77. The van der Waals surface area contributed by atoms with E-state index in [0.29, 0.717) is 0 Å². The molecule has 0 aliphatic heterocycles. The van der Waals surface area contributed by atoms with Gasteiger partial charge in [-0.2, -0.15) is 0 Å². The van der Waals surface area contributed by atoms with Gasteiger partial charge in [0.25, 0.3) is 0 Å². The molecule has 0 saturated heterocycles. The molecule has 11 heavy (non-hydrogen) atoms. The molecule has 0 amide bonds. The van der Waals surface area contributed by atoms with E-state index in [1.54, 1.807) is 18.5 Å². The first-order valence-corrected chi connectivity index (χ1v) is 2.84. The number of aromatic nitrogens is 1. The molecule has 0 radical (unpaired) electrons. The summed E-state index contributed by atoms with van der Waals surface area (Å²) >= 11 is 0. The fourth-order valence-electron chi connectivity index (χ4n) is 0.500. The maximum Gasteiger partial charge on any atom is 0.152 e. The van der Waals surface area contributed by atoms with Crippen molar-refractivity contribution in [2.24, 2.45) is 5.34 Å². The summed E-state index contributed by atoms with van der Waals surface area (Å²) in [4.78, 5) is 12.0. The lowest BCUT2D eigenvalue weighted by Crippen LogP contribution is -1.69. The van der Waals surface area contributed by atoms with Crippen molar-refractivity contribution < 1.29 is 5.21 Å². The zero-order chi connectivity index (χ0) is 8.53. The highest BCUT2D eigenvalue weighted by molar-refractivity contribution is 5.44. The quantitative estimate of drug-likeness (QED) is 0.493. The minimum Gasteiger partial charge on any atom is -0.379 e. The second kappa shape index (κ2) is 6.41. The summed E-state index contributed by atoms with van der Waals surface area (Å²) in [5, 5.41) is 7.89. The lowest BCUT2D eigenvalue weighted by atomic mass is 10.3. The van der Waals surface area contributed by atoms with Gasteiger partial charge in [0.05, 0.1) is 0 Å². The van der Waals surface area contributed by atoms with Crippen LogP contribution < -0.4 is 0 Å². The molecule has 0 atom stereocenters. The maximum absolute atomic E-state index is 8.11. The highest BCUT2D eigenvalue weighted by Crippen LogP contribution is 1.94. The second-order valence-corrected chi connectivity index (χ2v) is 1.57. The maximum atomic E-state index is 8.11. The van der Waals surface area contributed by atoms with E-state index >= 15 is 0 Å². The van der Waals surface area contributed by atoms with Crippen LogP contribution in [0.5, 0.6) is 0 Å². The Morgan fingerprint density at radius 3 is 2.27 bits per heavy atom. The van der Waals surface area contributed by atoms with Crippen molar-refractivity contribution in [3.63, 3.8) is 0 Å². The van der Waals surface area contributed by atoms with Crippen LogP contribution in [0.4, 0.5) is 0 Å². The molecule has 0 aliphatic carbocycles. The van der Waals surface area contributed by atoms with Gasteiger partial charge in [-0.1, -0.05) is 12.7 Å². The van der Waals surface area contributed by atoms with E-state index in [2.05, 4.69) is 11.6 Å². The van der Waals surface area contributed by atoms with E-state index in [1.165, 1.54) is 5.34 Å². The van der Waals surface area contributed by atoms with Gasteiger partial charge in [-0.15, -0.1) is 4.91 Å². The molecule has 4 nitrogen and oxygen atoms in total. The lowest BCUT2D eigenvalue weighted by Gasteiger charge is -1.84. The summed E-state index contributed by atoms with van der Waals surface area (Å²) in [6.07, 6.45) is 5.29. The van der Waals surface area contributed by atoms with E-state index in [-0.39, 0.29) is 0 Å². The highest BCUT2D eigenvalue weighted by Gasteiger charge is 1.76.